The maximum Gasteiger partial charge on any atom is 0.0351 e. The summed E-state index contributed by atoms with van der Waals surface area (Å²) in [5, 5.41) is 0. The molecule has 2 heteroatoms. The highest BCUT2D eigenvalue weighted by molar-refractivity contribution is 6.15. The second-order valence-corrected chi connectivity index (χ2v) is 0.408. The van der Waals surface area contributed by atoms with Gasteiger partial charge in [0, 0.05) is 20.6 Å². The second-order valence-electron chi connectivity index (χ2n) is 0.408. The topological polar surface area (TPSA) is 9.23 Å². The standard InChI is InChI=1S/C2H6O.CH3Cl.CH4/c1-3-2;1-2;/h1-2H3;1H3;1H4. The van der Waals surface area contributed by atoms with Crippen LogP contribution in [0.4, 0.5) is 0 Å². The quantitative estimate of drug-likeness (QED) is 0.434. The second kappa shape index (κ2) is 60.7. The minimum Gasteiger partial charge on any atom is -0.388 e. The highest BCUT2D eigenvalue weighted by Crippen LogP contribution is 1.34. The van der Waals surface area contributed by atoms with Crippen molar-refractivity contribution in [3.63, 3.8) is 0 Å². The molecule has 0 rings (SSSR count). The van der Waals surface area contributed by atoms with Crippen LogP contribution in [0.15, 0.2) is 0 Å². The van der Waals surface area contributed by atoms with Gasteiger partial charge in [-0.05, 0) is 0 Å². The first-order valence-electron chi connectivity index (χ1n) is 1.19. The molecular formula is C4H13ClO. The molecule has 0 unspecified atom stereocenters. The van der Waals surface area contributed by atoms with Crippen LogP contribution in [-0.4, -0.2) is 20.6 Å². The molecule has 0 radical (unpaired) electrons. The van der Waals surface area contributed by atoms with E-state index in [0.29, 0.717) is 0 Å². The summed E-state index contributed by atoms with van der Waals surface area (Å²) in [5.74, 6) is 0. The van der Waals surface area contributed by atoms with E-state index >= 15 is 0 Å². The van der Waals surface area contributed by atoms with E-state index in [1.165, 1.54) is 6.38 Å². The fraction of sp³-hybridized carbons (Fsp3) is 1.00. The zero-order chi connectivity index (χ0) is 4.71. The van der Waals surface area contributed by atoms with E-state index < -0.39 is 0 Å². The van der Waals surface area contributed by atoms with Crippen LogP contribution in [0, 0.1) is 0 Å². The van der Waals surface area contributed by atoms with Gasteiger partial charge in [0.1, 0.15) is 0 Å². The molecule has 1 nitrogen and oxygen atoms in total. The number of hydrogen-bond donors (Lipinski definition) is 0. The van der Waals surface area contributed by atoms with Gasteiger partial charge in [0.05, 0.1) is 0 Å². The number of alkyl halides is 1. The molecule has 0 atom stereocenters. The predicted molar refractivity (Wildman–Crippen MR) is 31.4 cm³/mol. The summed E-state index contributed by atoms with van der Waals surface area (Å²) in [6, 6.07) is 0. The molecule has 0 aromatic heterocycles. The van der Waals surface area contributed by atoms with Gasteiger partial charge in [-0.25, -0.2) is 0 Å². The lowest BCUT2D eigenvalue weighted by molar-refractivity contribution is 0.277. The van der Waals surface area contributed by atoms with Gasteiger partial charge in [-0.15, -0.1) is 11.6 Å². The summed E-state index contributed by atoms with van der Waals surface area (Å²) < 4.78 is 4.25. The fourth-order valence-electron chi connectivity index (χ4n) is 0. The van der Waals surface area contributed by atoms with Crippen LogP contribution in [0.5, 0.6) is 0 Å². The summed E-state index contributed by atoms with van der Waals surface area (Å²) >= 11 is 4.64. The first kappa shape index (κ1) is 16.3. The van der Waals surface area contributed by atoms with Gasteiger partial charge < -0.3 is 4.74 Å². The van der Waals surface area contributed by atoms with Crippen molar-refractivity contribution in [3.05, 3.63) is 0 Å². The summed E-state index contributed by atoms with van der Waals surface area (Å²) in [7, 11) is 3.25. The Labute approximate surface area is 45.3 Å². The predicted octanol–water partition coefficient (Wildman–Crippen LogP) is 1.75. The average molecular weight is 113 g/mol. The van der Waals surface area contributed by atoms with Crippen molar-refractivity contribution in [2.45, 2.75) is 7.43 Å². The SMILES string of the molecule is C.CCl.COC. The fourth-order valence-corrected chi connectivity index (χ4v) is 0. The maximum absolute atomic E-state index is 4.64. The van der Waals surface area contributed by atoms with E-state index in [4.69, 9.17) is 0 Å². The van der Waals surface area contributed by atoms with Crippen LogP contribution in [-0.2, 0) is 4.74 Å². The van der Waals surface area contributed by atoms with Gasteiger partial charge in [0.15, 0.2) is 0 Å². The first-order chi connectivity index (χ1) is 2.41. The molecule has 0 aliphatic rings. The highest BCUT2D eigenvalue weighted by atomic mass is 35.5. The minimum atomic E-state index is 0. The maximum atomic E-state index is 4.64. The molecule has 0 amide bonds. The van der Waals surface area contributed by atoms with E-state index in [1.807, 2.05) is 0 Å². The summed E-state index contributed by atoms with van der Waals surface area (Å²) in [6.45, 7) is 0. The molecule has 0 aliphatic heterocycles. The lowest BCUT2D eigenvalue weighted by Gasteiger charge is -1.61. The molecule has 0 heterocycles. The average Bonchev–Trinajstić information content (AvgIpc) is 1.46. The van der Waals surface area contributed by atoms with Crippen molar-refractivity contribution < 1.29 is 4.74 Å². The molecule has 0 N–H and O–H groups in total. The molecular weight excluding hydrogens is 99.5 g/mol. The van der Waals surface area contributed by atoms with Crippen LogP contribution < -0.4 is 0 Å². The lowest BCUT2D eigenvalue weighted by Crippen LogP contribution is -1.55. The number of halogens is 1. The van der Waals surface area contributed by atoms with Crippen LogP contribution in [0.25, 0.3) is 0 Å². The number of ether oxygens (including phenoxy) is 1. The van der Waals surface area contributed by atoms with Gasteiger partial charge in [-0.2, -0.15) is 0 Å². The van der Waals surface area contributed by atoms with Crippen molar-refractivity contribution in [2.24, 2.45) is 0 Å². The zero-order valence-corrected chi connectivity index (χ0v) is 4.54. The van der Waals surface area contributed by atoms with E-state index in [0.717, 1.165) is 0 Å². The monoisotopic (exact) mass is 112 g/mol. The third-order valence-corrected chi connectivity index (χ3v) is 0. The van der Waals surface area contributed by atoms with Crippen molar-refractivity contribution in [1.82, 2.24) is 0 Å². The van der Waals surface area contributed by atoms with E-state index in [1.54, 1.807) is 14.2 Å². The van der Waals surface area contributed by atoms with Gasteiger partial charge in [0.2, 0.25) is 0 Å². The Morgan fingerprint density at radius 2 is 1.17 bits per heavy atom. The van der Waals surface area contributed by atoms with E-state index in [-0.39, 0.29) is 7.43 Å². The Morgan fingerprint density at radius 1 is 1.17 bits per heavy atom. The first-order valence-corrected chi connectivity index (χ1v) is 1.95. The van der Waals surface area contributed by atoms with Gasteiger partial charge in [-0.3, -0.25) is 0 Å². The number of rotatable bonds is 0. The Morgan fingerprint density at radius 3 is 1.17 bits per heavy atom. The molecule has 0 bridgehead atoms. The van der Waals surface area contributed by atoms with Crippen LogP contribution >= 0.6 is 11.6 Å². The smallest absolute Gasteiger partial charge is 0.0351 e. The summed E-state index contributed by atoms with van der Waals surface area (Å²) in [6.07, 6.45) is 1.47. The number of methoxy groups -OCH3 is 1. The normalized spacial score (nSPS) is 4.00. The van der Waals surface area contributed by atoms with Gasteiger partial charge in [0.25, 0.3) is 0 Å². The molecule has 0 aromatic rings. The van der Waals surface area contributed by atoms with Gasteiger partial charge in [-0.1, -0.05) is 7.43 Å². The molecule has 0 aromatic carbocycles. The molecule has 0 saturated heterocycles. The lowest BCUT2D eigenvalue weighted by atomic mass is 11.6. The molecule has 0 saturated carbocycles. The van der Waals surface area contributed by atoms with Crippen LogP contribution in [0.1, 0.15) is 7.43 Å². The largest absolute Gasteiger partial charge is 0.388 e. The summed E-state index contributed by atoms with van der Waals surface area (Å²) in [4.78, 5) is 0. The van der Waals surface area contributed by atoms with Crippen LogP contribution in [0.2, 0.25) is 0 Å². The van der Waals surface area contributed by atoms with Crippen LogP contribution in [0.3, 0.4) is 0 Å². The minimum absolute atomic E-state index is 0. The molecule has 6 heavy (non-hydrogen) atoms. The van der Waals surface area contributed by atoms with E-state index in [2.05, 4.69) is 16.3 Å². The zero-order valence-electron chi connectivity index (χ0n) is 3.79. The Hall–Kier alpha value is 0.250. The molecule has 0 spiro atoms. The summed E-state index contributed by atoms with van der Waals surface area (Å²) in [5.41, 5.74) is 0. The van der Waals surface area contributed by atoms with Crippen molar-refractivity contribution in [3.8, 4) is 0 Å². The highest BCUT2D eigenvalue weighted by Gasteiger charge is 1.25. The number of hydrogen-bond acceptors (Lipinski definition) is 1. The Kier molecular flexibility index (Phi) is 165. The van der Waals surface area contributed by atoms with Gasteiger partial charge >= 0.3 is 0 Å². The van der Waals surface area contributed by atoms with Crippen molar-refractivity contribution in [1.29, 1.82) is 0 Å². The third kappa shape index (κ3) is 718. The molecule has 42 valence electrons. The Balaban J connectivity index is -0.0000000275. The molecule has 0 fully saturated rings. The van der Waals surface area contributed by atoms with E-state index in [9.17, 15) is 0 Å². The third-order valence-electron chi connectivity index (χ3n) is 0. The van der Waals surface area contributed by atoms with Crippen molar-refractivity contribution >= 4 is 11.6 Å². The van der Waals surface area contributed by atoms with Crippen molar-refractivity contribution in [2.75, 3.05) is 20.6 Å². The molecule has 0 aliphatic carbocycles. The Bertz CT molecular complexity index is 7.51.